The molecule has 0 saturated carbocycles. The number of methoxy groups -OCH3 is 2. The van der Waals surface area contributed by atoms with Gasteiger partial charge in [0, 0.05) is 18.8 Å². The number of nitrogens with one attached hydrogen (secondary N) is 1. The number of esters is 2. The summed E-state index contributed by atoms with van der Waals surface area (Å²) in [6.45, 7) is 1.25. The minimum absolute atomic E-state index is 0.0563. The van der Waals surface area contributed by atoms with E-state index in [1.165, 1.54) is 44.3 Å². The first-order chi connectivity index (χ1) is 17.9. The van der Waals surface area contributed by atoms with Crippen LogP contribution in [0.5, 0.6) is 0 Å². The highest BCUT2D eigenvalue weighted by Crippen LogP contribution is 2.36. The van der Waals surface area contributed by atoms with Crippen molar-refractivity contribution in [2.24, 2.45) is 5.92 Å². The van der Waals surface area contributed by atoms with Crippen LogP contribution in [0.4, 0.5) is 23.0 Å². The molecule has 37 heavy (non-hydrogen) atoms. The summed E-state index contributed by atoms with van der Waals surface area (Å²) in [5.41, 5.74) is 1.38. The largest absolute Gasteiger partial charge is 0.465 e. The van der Waals surface area contributed by atoms with E-state index < -0.39 is 16.9 Å². The molecule has 1 fully saturated rings. The number of piperidine rings is 1. The van der Waals surface area contributed by atoms with Gasteiger partial charge in [-0.05, 0) is 48.9 Å². The highest BCUT2D eigenvalue weighted by atomic mass is 16.6. The Morgan fingerprint density at radius 1 is 1.03 bits per heavy atom. The zero-order chi connectivity index (χ0) is 26.4. The molecule has 11 nitrogen and oxygen atoms in total. The van der Waals surface area contributed by atoms with Crippen LogP contribution < -0.4 is 10.2 Å². The number of nitrogens with zero attached hydrogens (tertiary/aromatic N) is 4. The predicted molar refractivity (Wildman–Crippen MR) is 136 cm³/mol. The van der Waals surface area contributed by atoms with E-state index in [1.807, 2.05) is 23.1 Å². The van der Waals surface area contributed by atoms with Crippen molar-refractivity contribution >= 4 is 34.9 Å². The van der Waals surface area contributed by atoms with Crippen LogP contribution in [0.3, 0.4) is 0 Å². The molecule has 1 saturated heterocycles. The van der Waals surface area contributed by atoms with E-state index in [0.717, 1.165) is 19.3 Å². The maximum Gasteiger partial charge on any atom is 0.353 e. The van der Waals surface area contributed by atoms with Crippen molar-refractivity contribution in [3.63, 3.8) is 0 Å². The average molecular weight is 506 g/mol. The SMILES string of the molecule is COC(=O)c1cc(Nc2ncnc(N3CCC(Cc4ccccc4)CC3)c2[N+](=O)[O-])cc(C(=O)OC)c1. The molecule has 3 aromatic rings. The molecule has 11 heteroatoms. The third-order valence-electron chi connectivity index (χ3n) is 6.30. The van der Waals surface area contributed by atoms with Gasteiger partial charge in [-0.2, -0.15) is 0 Å². The summed E-state index contributed by atoms with van der Waals surface area (Å²) >= 11 is 0. The van der Waals surface area contributed by atoms with Crippen LogP contribution in [-0.2, 0) is 15.9 Å². The molecule has 2 aromatic carbocycles. The van der Waals surface area contributed by atoms with Gasteiger partial charge < -0.3 is 19.7 Å². The minimum atomic E-state index is -0.676. The Bertz CT molecular complexity index is 1260. The van der Waals surface area contributed by atoms with Crippen molar-refractivity contribution in [1.82, 2.24) is 9.97 Å². The maximum absolute atomic E-state index is 12.1. The summed E-state index contributed by atoms with van der Waals surface area (Å²) in [6.07, 6.45) is 3.98. The van der Waals surface area contributed by atoms with Gasteiger partial charge >= 0.3 is 17.6 Å². The van der Waals surface area contributed by atoms with Crippen molar-refractivity contribution < 1.29 is 24.0 Å². The topological polar surface area (TPSA) is 137 Å². The molecule has 0 spiro atoms. The first kappa shape index (κ1) is 25.5. The summed E-state index contributed by atoms with van der Waals surface area (Å²) < 4.78 is 9.51. The first-order valence-electron chi connectivity index (χ1n) is 11.8. The third-order valence-corrected chi connectivity index (χ3v) is 6.30. The van der Waals surface area contributed by atoms with Crippen LogP contribution in [0.1, 0.15) is 39.1 Å². The number of ether oxygens (including phenoxy) is 2. The van der Waals surface area contributed by atoms with E-state index >= 15 is 0 Å². The number of hydrogen-bond acceptors (Lipinski definition) is 10. The van der Waals surface area contributed by atoms with Gasteiger partial charge in [0.05, 0.1) is 30.3 Å². The van der Waals surface area contributed by atoms with Crippen LogP contribution in [0.15, 0.2) is 54.9 Å². The molecular formula is C26H27N5O6. The van der Waals surface area contributed by atoms with E-state index in [4.69, 9.17) is 9.47 Å². The zero-order valence-electron chi connectivity index (χ0n) is 20.5. The molecule has 192 valence electrons. The molecule has 2 heterocycles. The van der Waals surface area contributed by atoms with Crippen LogP contribution in [0, 0.1) is 16.0 Å². The second-order valence-corrected chi connectivity index (χ2v) is 8.68. The van der Waals surface area contributed by atoms with E-state index in [1.54, 1.807) is 0 Å². The smallest absolute Gasteiger partial charge is 0.353 e. The number of benzene rings is 2. The summed E-state index contributed by atoms with van der Waals surface area (Å²) in [5, 5.41) is 15.0. The monoisotopic (exact) mass is 505 g/mol. The normalized spacial score (nSPS) is 13.6. The molecule has 1 aliphatic rings. The second kappa shape index (κ2) is 11.5. The number of carbonyl (C=O) groups excluding carboxylic acids is 2. The lowest BCUT2D eigenvalue weighted by Gasteiger charge is -2.32. The van der Waals surface area contributed by atoms with Crippen molar-refractivity contribution in [2.45, 2.75) is 19.3 Å². The molecule has 0 amide bonds. The predicted octanol–water partition coefficient (Wildman–Crippen LogP) is 4.16. The van der Waals surface area contributed by atoms with Crippen LogP contribution >= 0.6 is 0 Å². The number of rotatable bonds is 8. The molecule has 0 unspecified atom stereocenters. The number of aromatic nitrogens is 2. The third kappa shape index (κ3) is 6.00. The Morgan fingerprint density at radius 3 is 2.22 bits per heavy atom. The molecule has 0 radical (unpaired) electrons. The minimum Gasteiger partial charge on any atom is -0.465 e. The van der Waals surface area contributed by atoms with E-state index in [0.29, 0.717) is 19.0 Å². The molecule has 0 aliphatic carbocycles. The average Bonchev–Trinajstić information content (AvgIpc) is 2.92. The molecule has 0 bridgehead atoms. The van der Waals surface area contributed by atoms with Gasteiger partial charge in [-0.25, -0.2) is 19.6 Å². The summed E-state index contributed by atoms with van der Waals surface area (Å²) in [6, 6.07) is 14.4. The highest BCUT2D eigenvalue weighted by molar-refractivity contribution is 5.97. The number of hydrogen-bond donors (Lipinski definition) is 1. The lowest BCUT2D eigenvalue weighted by Crippen LogP contribution is -2.35. The number of anilines is 3. The molecule has 1 aliphatic heterocycles. The molecule has 1 N–H and O–H groups in total. The van der Waals surface area contributed by atoms with Crippen molar-refractivity contribution in [1.29, 1.82) is 0 Å². The van der Waals surface area contributed by atoms with E-state index in [9.17, 15) is 19.7 Å². The maximum atomic E-state index is 12.1. The van der Waals surface area contributed by atoms with Gasteiger partial charge in [-0.15, -0.1) is 0 Å². The van der Waals surface area contributed by atoms with Crippen LogP contribution in [-0.4, -0.2) is 54.1 Å². The lowest BCUT2D eigenvalue weighted by molar-refractivity contribution is -0.383. The van der Waals surface area contributed by atoms with Gasteiger partial charge in [0.25, 0.3) is 0 Å². The molecule has 4 rings (SSSR count). The molecule has 0 atom stereocenters. The number of nitro groups is 1. The van der Waals surface area contributed by atoms with Crippen molar-refractivity contribution in [3.05, 3.63) is 81.7 Å². The Balaban J connectivity index is 1.58. The van der Waals surface area contributed by atoms with Crippen molar-refractivity contribution in [3.8, 4) is 0 Å². The Hall–Kier alpha value is -4.54. The van der Waals surface area contributed by atoms with E-state index in [2.05, 4.69) is 27.4 Å². The summed E-state index contributed by atoms with van der Waals surface area (Å²) in [4.78, 5) is 46.1. The van der Waals surface area contributed by atoms with Crippen LogP contribution in [0.2, 0.25) is 0 Å². The fourth-order valence-corrected chi connectivity index (χ4v) is 4.46. The van der Waals surface area contributed by atoms with Gasteiger partial charge in [0.2, 0.25) is 11.6 Å². The van der Waals surface area contributed by atoms with Gasteiger partial charge in [0.1, 0.15) is 6.33 Å². The van der Waals surface area contributed by atoms with Gasteiger partial charge in [0.15, 0.2) is 0 Å². The Labute approximate surface area is 213 Å². The zero-order valence-corrected chi connectivity index (χ0v) is 20.5. The van der Waals surface area contributed by atoms with Crippen molar-refractivity contribution in [2.75, 3.05) is 37.5 Å². The van der Waals surface area contributed by atoms with Crippen LogP contribution in [0.25, 0.3) is 0 Å². The summed E-state index contributed by atoms with van der Waals surface area (Å²) in [7, 11) is 2.43. The standard InChI is InChI=1S/C26H27N5O6/c1-36-25(32)19-13-20(26(33)37-2)15-21(14-19)29-23-22(31(34)35)24(28-16-27-23)30-10-8-18(9-11-30)12-17-6-4-3-5-7-17/h3-7,13-16,18H,8-12H2,1-2H3,(H,27,28,29). The fourth-order valence-electron chi connectivity index (χ4n) is 4.46. The number of carbonyl (C=O) groups is 2. The Morgan fingerprint density at radius 2 is 1.65 bits per heavy atom. The van der Waals surface area contributed by atoms with Gasteiger partial charge in [-0.3, -0.25) is 10.1 Å². The second-order valence-electron chi connectivity index (χ2n) is 8.68. The Kier molecular flexibility index (Phi) is 7.92. The van der Waals surface area contributed by atoms with Gasteiger partial charge in [-0.1, -0.05) is 30.3 Å². The van der Waals surface area contributed by atoms with E-state index in [-0.39, 0.29) is 34.1 Å². The highest BCUT2D eigenvalue weighted by Gasteiger charge is 2.30. The lowest BCUT2D eigenvalue weighted by atomic mass is 9.90. The molecule has 1 aromatic heterocycles. The first-order valence-corrected chi connectivity index (χ1v) is 11.8. The summed E-state index contributed by atoms with van der Waals surface area (Å²) in [5.74, 6) is -0.706. The fraction of sp³-hybridized carbons (Fsp3) is 0.308. The molecular weight excluding hydrogens is 478 g/mol. The quantitative estimate of drug-likeness (QED) is 0.270.